The normalized spacial score (nSPS) is 13.9. The number of halogens is 2. The maximum atomic E-state index is 12.8. The predicted molar refractivity (Wildman–Crippen MR) is 97.0 cm³/mol. The van der Waals surface area contributed by atoms with Gasteiger partial charge in [-0.2, -0.15) is 0 Å². The SMILES string of the molecule is COc1ccc(C2=C(C(=O)c3cccc(Br)c3)C(=O)OC2)cc1Br. The number of carbonyl (C=O) groups excluding carboxylic acids is 2. The molecule has 0 bridgehead atoms. The maximum Gasteiger partial charge on any atom is 0.342 e. The monoisotopic (exact) mass is 450 g/mol. The Bertz CT molecular complexity index is 871. The van der Waals surface area contributed by atoms with Crippen LogP contribution in [0.2, 0.25) is 0 Å². The van der Waals surface area contributed by atoms with E-state index in [2.05, 4.69) is 31.9 Å². The Hall–Kier alpha value is -1.92. The summed E-state index contributed by atoms with van der Waals surface area (Å²) in [5.74, 6) is -0.271. The average molecular weight is 452 g/mol. The zero-order valence-corrected chi connectivity index (χ0v) is 15.8. The summed E-state index contributed by atoms with van der Waals surface area (Å²) < 4.78 is 11.8. The van der Waals surface area contributed by atoms with E-state index in [1.54, 1.807) is 37.4 Å². The first-order chi connectivity index (χ1) is 11.5. The highest BCUT2D eigenvalue weighted by Crippen LogP contribution is 2.33. The molecule has 0 spiro atoms. The lowest BCUT2D eigenvalue weighted by molar-refractivity contribution is -0.135. The van der Waals surface area contributed by atoms with Crippen molar-refractivity contribution >= 4 is 49.2 Å². The van der Waals surface area contributed by atoms with Crippen molar-refractivity contribution < 1.29 is 19.1 Å². The van der Waals surface area contributed by atoms with Gasteiger partial charge in [0.1, 0.15) is 17.9 Å². The molecule has 0 radical (unpaired) electrons. The summed E-state index contributed by atoms with van der Waals surface area (Å²) in [4.78, 5) is 24.9. The van der Waals surface area contributed by atoms with Crippen molar-refractivity contribution in [3.05, 3.63) is 68.1 Å². The molecule has 0 unspecified atom stereocenters. The minimum absolute atomic E-state index is 0.0742. The van der Waals surface area contributed by atoms with Crippen molar-refractivity contribution in [2.45, 2.75) is 0 Å². The van der Waals surface area contributed by atoms with Crippen LogP contribution in [0, 0.1) is 0 Å². The molecule has 0 aliphatic carbocycles. The molecule has 0 aromatic heterocycles. The smallest absolute Gasteiger partial charge is 0.342 e. The number of esters is 1. The highest BCUT2D eigenvalue weighted by molar-refractivity contribution is 9.10. The Balaban J connectivity index is 2.08. The second-order valence-electron chi connectivity index (χ2n) is 5.12. The zero-order valence-electron chi connectivity index (χ0n) is 12.6. The van der Waals surface area contributed by atoms with Crippen molar-refractivity contribution in [1.29, 1.82) is 0 Å². The van der Waals surface area contributed by atoms with Gasteiger partial charge in [0.25, 0.3) is 0 Å². The number of rotatable bonds is 4. The molecule has 0 N–H and O–H groups in total. The summed E-state index contributed by atoms with van der Waals surface area (Å²) in [5, 5.41) is 0. The molecule has 0 saturated carbocycles. The highest BCUT2D eigenvalue weighted by atomic mass is 79.9. The second kappa shape index (κ2) is 6.91. The third kappa shape index (κ3) is 3.16. The molecule has 0 atom stereocenters. The average Bonchev–Trinajstić information content (AvgIpc) is 2.95. The summed E-state index contributed by atoms with van der Waals surface area (Å²) in [6.45, 7) is 0.0761. The summed E-state index contributed by atoms with van der Waals surface area (Å²) in [6, 6.07) is 12.3. The van der Waals surface area contributed by atoms with Gasteiger partial charge >= 0.3 is 5.97 Å². The lowest BCUT2D eigenvalue weighted by Gasteiger charge is -2.08. The maximum absolute atomic E-state index is 12.8. The van der Waals surface area contributed by atoms with Crippen LogP contribution in [0.25, 0.3) is 5.57 Å². The molecule has 1 heterocycles. The van der Waals surface area contributed by atoms with Gasteiger partial charge in [-0.05, 0) is 45.8 Å². The number of ketones is 1. The molecule has 2 aromatic rings. The van der Waals surface area contributed by atoms with Gasteiger partial charge in [-0.3, -0.25) is 4.79 Å². The third-order valence-electron chi connectivity index (χ3n) is 3.67. The molecule has 1 aliphatic heterocycles. The first-order valence-electron chi connectivity index (χ1n) is 7.05. The van der Waals surface area contributed by atoms with Crippen molar-refractivity contribution in [3.63, 3.8) is 0 Å². The van der Waals surface area contributed by atoms with Gasteiger partial charge in [0.15, 0.2) is 0 Å². The number of benzene rings is 2. The molecule has 6 heteroatoms. The molecule has 3 rings (SSSR count). The summed E-state index contributed by atoms with van der Waals surface area (Å²) in [7, 11) is 1.57. The van der Waals surface area contributed by atoms with Gasteiger partial charge in [-0.1, -0.05) is 34.1 Å². The number of hydrogen-bond acceptors (Lipinski definition) is 4. The van der Waals surface area contributed by atoms with Crippen molar-refractivity contribution in [2.75, 3.05) is 13.7 Å². The number of Topliss-reactive ketones (excluding diaryl/α,β-unsaturated/α-hetero) is 1. The Morgan fingerprint density at radius 3 is 2.62 bits per heavy atom. The largest absolute Gasteiger partial charge is 0.496 e. The van der Waals surface area contributed by atoms with E-state index in [4.69, 9.17) is 9.47 Å². The third-order valence-corrected chi connectivity index (χ3v) is 4.78. The van der Waals surface area contributed by atoms with Crippen LogP contribution in [0.5, 0.6) is 5.75 Å². The van der Waals surface area contributed by atoms with E-state index >= 15 is 0 Å². The Morgan fingerprint density at radius 2 is 1.96 bits per heavy atom. The number of cyclic esters (lactones) is 1. The molecular weight excluding hydrogens is 440 g/mol. The highest BCUT2D eigenvalue weighted by Gasteiger charge is 2.32. The van der Waals surface area contributed by atoms with Gasteiger partial charge in [0.05, 0.1) is 11.6 Å². The van der Waals surface area contributed by atoms with Crippen LogP contribution >= 0.6 is 31.9 Å². The fourth-order valence-electron chi connectivity index (χ4n) is 2.49. The molecule has 0 fully saturated rings. The van der Waals surface area contributed by atoms with Crippen LogP contribution in [0.15, 0.2) is 57.0 Å². The number of ether oxygens (including phenoxy) is 2. The van der Waals surface area contributed by atoms with E-state index < -0.39 is 5.97 Å². The molecule has 0 amide bonds. The van der Waals surface area contributed by atoms with E-state index in [0.717, 1.165) is 14.5 Å². The van der Waals surface area contributed by atoms with Crippen LogP contribution in [0.1, 0.15) is 15.9 Å². The molecule has 0 saturated heterocycles. The first kappa shape index (κ1) is 16.9. The van der Waals surface area contributed by atoms with E-state index in [0.29, 0.717) is 16.9 Å². The zero-order chi connectivity index (χ0) is 17.3. The molecule has 4 nitrogen and oxygen atoms in total. The minimum atomic E-state index is -0.595. The van der Waals surface area contributed by atoms with Gasteiger partial charge in [-0.15, -0.1) is 0 Å². The quantitative estimate of drug-likeness (QED) is 0.392. The van der Waals surface area contributed by atoms with Gasteiger partial charge in [0.2, 0.25) is 5.78 Å². The van der Waals surface area contributed by atoms with Gasteiger partial charge in [-0.25, -0.2) is 4.79 Å². The van der Waals surface area contributed by atoms with Gasteiger partial charge in [0, 0.05) is 15.6 Å². The molecule has 1 aliphatic rings. The van der Waals surface area contributed by atoms with Crippen LogP contribution in [-0.4, -0.2) is 25.5 Å². The lowest BCUT2D eigenvalue weighted by atomic mass is 9.96. The minimum Gasteiger partial charge on any atom is -0.496 e. The van der Waals surface area contributed by atoms with Crippen molar-refractivity contribution in [1.82, 2.24) is 0 Å². The topological polar surface area (TPSA) is 52.6 Å². The van der Waals surface area contributed by atoms with Crippen LogP contribution < -0.4 is 4.74 Å². The van der Waals surface area contributed by atoms with E-state index in [-0.39, 0.29) is 18.0 Å². The van der Waals surface area contributed by atoms with Crippen LogP contribution in [0.3, 0.4) is 0 Å². The van der Waals surface area contributed by atoms with Crippen molar-refractivity contribution in [2.24, 2.45) is 0 Å². The van der Waals surface area contributed by atoms with Crippen LogP contribution in [0.4, 0.5) is 0 Å². The summed E-state index contributed by atoms with van der Waals surface area (Å²) >= 11 is 6.75. The fourth-order valence-corrected chi connectivity index (χ4v) is 3.43. The molecule has 2 aromatic carbocycles. The Morgan fingerprint density at radius 1 is 1.17 bits per heavy atom. The lowest BCUT2D eigenvalue weighted by Crippen LogP contribution is -2.11. The van der Waals surface area contributed by atoms with Crippen LogP contribution in [-0.2, 0) is 9.53 Å². The van der Waals surface area contributed by atoms with E-state index in [1.165, 1.54) is 0 Å². The number of carbonyl (C=O) groups is 2. The van der Waals surface area contributed by atoms with Gasteiger partial charge < -0.3 is 9.47 Å². The molecular formula is C18H12Br2O4. The molecule has 24 heavy (non-hydrogen) atoms. The Kier molecular flexibility index (Phi) is 4.87. The Labute approximate surface area is 155 Å². The summed E-state index contributed by atoms with van der Waals surface area (Å²) in [6.07, 6.45) is 0. The first-order valence-corrected chi connectivity index (χ1v) is 8.64. The van der Waals surface area contributed by atoms with E-state index in [1.807, 2.05) is 12.1 Å². The number of hydrogen-bond donors (Lipinski definition) is 0. The predicted octanol–water partition coefficient (Wildman–Crippen LogP) is 4.41. The molecule has 122 valence electrons. The second-order valence-corrected chi connectivity index (χ2v) is 6.89. The number of methoxy groups -OCH3 is 1. The van der Waals surface area contributed by atoms with Crippen molar-refractivity contribution in [3.8, 4) is 5.75 Å². The summed E-state index contributed by atoms with van der Waals surface area (Å²) in [5.41, 5.74) is 1.83. The van der Waals surface area contributed by atoms with E-state index in [9.17, 15) is 9.59 Å². The standard InChI is InChI=1S/C18H12Br2O4/c1-23-15-6-5-10(8-14(15)20)13-9-24-18(22)16(13)17(21)11-3-2-4-12(19)7-11/h2-8H,9H2,1H3. The fraction of sp³-hybridized carbons (Fsp3) is 0.111.